The Morgan fingerprint density at radius 3 is 2.37 bits per heavy atom. The number of cyclic esters (lactones) is 1. The number of urea groups is 1. The van der Waals surface area contributed by atoms with E-state index in [0.717, 1.165) is 22.8 Å². The maximum Gasteiger partial charge on any atom is 0.317 e. The van der Waals surface area contributed by atoms with Gasteiger partial charge in [-0.15, -0.1) is 0 Å². The van der Waals surface area contributed by atoms with Gasteiger partial charge in [0.2, 0.25) is 32.7 Å². The van der Waals surface area contributed by atoms with Crippen molar-refractivity contribution in [3.8, 4) is 29.0 Å². The molecule has 0 saturated heterocycles. The lowest BCUT2D eigenvalue weighted by Crippen LogP contribution is -2.54. The number of nitrogens with two attached hydrogens (primary N) is 1. The normalized spacial score (nSPS) is 15.3. The first-order valence-electron chi connectivity index (χ1n) is 24.5. The second kappa shape index (κ2) is 23.3. The first-order chi connectivity index (χ1) is 35.7. The fourth-order valence-corrected chi connectivity index (χ4v) is 9.69. The summed E-state index contributed by atoms with van der Waals surface area (Å²) in [6, 6.07) is 10.3. The molecule has 21 nitrogen and oxygen atoms in total. The second-order valence-corrected chi connectivity index (χ2v) is 20.7. The van der Waals surface area contributed by atoms with Crippen molar-refractivity contribution < 1.29 is 51.8 Å². The Bertz CT molecular complexity index is 3290. The van der Waals surface area contributed by atoms with E-state index in [1.54, 1.807) is 73.9 Å². The standard InChI is InChI=1S/C53H59N9O12S/c1-6-35-36-22-34(63)19-20-40(36)59-46-37(35)27-62-42(46)23-39-38(49(62)68)29-74-50(69)53(39,7-2)24-44(65)73-28-31-15-17-33(18-16-31)58-47(66)41(13-11-21-55-51(54)70)60-48(67)45(30(3)4)61-43(64)14-10-8-9-12-32-25-56-52(57-26-32)75(5,71)72/h15-20,22-23,25-26,30,41,45,63H,6-8,10-11,13-14,21,24,27-29H2,1-5H3,(H,58,66)(H,60,67)(H,61,64)(H3,54,55,70)/t41-,45-,53-/m0/s1. The number of unbranched alkanes of at least 4 members (excludes halogenated alkanes) is 1. The third-order valence-corrected chi connectivity index (χ3v) is 14.1. The van der Waals surface area contributed by atoms with Gasteiger partial charge in [-0.3, -0.25) is 28.8 Å². The summed E-state index contributed by atoms with van der Waals surface area (Å²) in [5.41, 5.74) is 8.87. The van der Waals surface area contributed by atoms with Crippen molar-refractivity contribution >= 4 is 62.1 Å². The monoisotopic (exact) mass is 1050 g/mol. The second-order valence-electron chi connectivity index (χ2n) is 18.8. The summed E-state index contributed by atoms with van der Waals surface area (Å²) in [4.78, 5) is 106. The number of sulfone groups is 1. The first kappa shape index (κ1) is 54.6. The molecule has 75 heavy (non-hydrogen) atoms. The van der Waals surface area contributed by atoms with Gasteiger partial charge in [0.05, 0.1) is 41.0 Å². The van der Waals surface area contributed by atoms with E-state index in [1.807, 2.05) is 6.92 Å². The number of ether oxygens (including phenoxy) is 2. The fraction of sp³-hybridized carbons (Fsp3) is 0.396. The number of hydrogen-bond acceptors (Lipinski definition) is 15. The Morgan fingerprint density at radius 1 is 0.973 bits per heavy atom. The lowest BCUT2D eigenvalue weighted by Gasteiger charge is -2.35. The molecule has 2 aliphatic rings. The lowest BCUT2D eigenvalue weighted by molar-refractivity contribution is -0.161. The largest absolute Gasteiger partial charge is 0.508 e. The number of carbonyl (C=O) groups excluding carboxylic acids is 6. The zero-order valence-electron chi connectivity index (χ0n) is 42.2. The predicted octanol–water partition coefficient (Wildman–Crippen LogP) is 3.96. The Labute approximate surface area is 432 Å². The number of hydrogen-bond donors (Lipinski definition) is 6. The Balaban J connectivity index is 0.968. The molecule has 7 rings (SSSR count). The molecule has 0 aliphatic carbocycles. The number of phenolic OH excluding ortho intramolecular Hbond substituents is 1. The number of phenols is 1. The Morgan fingerprint density at radius 2 is 1.71 bits per heavy atom. The van der Waals surface area contributed by atoms with Crippen molar-refractivity contribution in [2.24, 2.45) is 11.7 Å². The number of anilines is 1. The molecule has 2 aromatic carbocycles. The fourth-order valence-electron chi connectivity index (χ4n) is 9.20. The molecular formula is C53H59N9O12S. The van der Waals surface area contributed by atoms with Gasteiger partial charge < -0.3 is 46.1 Å². The average Bonchev–Trinajstić information content (AvgIpc) is 3.77. The van der Waals surface area contributed by atoms with E-state index in [2.05, 4.69) is 43.1 Å². The molecule has 0 saturated carbocycles. The molecule has 3 atom stereocenters. The molecule has 0 radical (unpaired) electrons. The highest BCUT2D eigenvalue weighted by molar-refractivity contribution is 7.90. The van der Waals surface area contributed by atoms with Crippen molar-refractivity contribution in [2.75, 3.05) is 18.1 Å². The van der Waals surface area contributed by atoms with E-state index in [4.69, 9.17) is 20.2 Å². The van der Waals surface area contributed by atoms with Gasteiger partial charge in [-0.05, 0) is 91.1 Å². The highest BCUT2D eigenvalue weighted by Crippen LogP contribution is 2.43. The van der Waals surface area contributed by atoms with Gasteiger partial charge in [-0.2, -0.15) is 0 Å². The van der Waals surface area contributed by atoms with Crippen LogP contribution in [0.5, 0.6) is 5.75 Å². The van der Waals surface area contributed by atoms with Crippen molar-refractivity contribution in [3.05, 3.63) is 105 Å². The third kappa shape index (κ3) is 12.6. The number of aromatic hydroxyl groups is 1. The SMILES string of the molecule is CCc1c2c(nc3ccc(O)cc13)-c1cc3c(c(=O)n1C2)COC(=O)[C@@]3(CC)CC(=O)OCc1ccc(NC(=O)[C@H](CCCNC(N)=O)NC(=O)[C@@H](NC(=O)CCCC#Cc2cnc(S(C)(=O)=O)nc2)C(C)C)cc1. The minimum Gasteiger partial charge on any atom is -0.508 e. The van der Waals surface area contributed by atoms with E-state index in [-0.39, 0.29) is 79.9 Å². The minimum atomic E-state index is -3.55. The lowest BCUT2D eigenvalue weighted by atomic mass is 9.72. The molecule has 0 fully saturated rings. The summed E-state index contributed by atoms with van der Waals surface area (Å²) in [5.74, 6) is 2.47. The molecular weight excluding hydrogens is 987 g/mol. The van der Waals surface area contributed by atoms with Crippen molar-refractivity contribution in [1.82, 2.24) is 35.5 Å². The minimum absolute atomic E-state index is 0.0416. The summed E-state index contributed by atoms with van der Waals surface area (Å²) >= 11 is 0. The molecule has 3 aromatic heterocycles. The summed E-state index contributed by atoms with van der Waals surface area (Å²) in [6.45, 7) is 7.14. The van der Waals surface area contributed by atoms with Crippen molar-refractivity contribution in [1.29, 1.82) is 0 Å². The number of nitrogens with zero attached hydrogens (tertiary/aromatic N) is 4. The number of aromatic nitrogens is 4. The van der Waals surface area contributed by atoms with Crippen LogP contribution in [0.2, 0.25) is 0 Å². The molecule has 394 valence electrons. The van der Waals surface area contributed by atoms with Crippen LogP contribution in [0.4, 0.5) is 10.5 Å². The molecule has 5 heterocycles. The first-order valence-corrected chi connectivity index (χ1v) is 26.4. The van der Waals surface area contributed by atoms with Gasteiger partial charge in [0.1, 0.15) is 36.5 Å². The maximum atomic E-state index is 14.2. The van der Waals surface area contributed by atoms with Crippen molar-refractivity contribution in [3.63, 3.8) is 0 Å². The molecule has 7 N–H and O–H groups in total. The van der Waals surface area contributed by atoms with Gasteiger partial charge >= 0.3 is 18.0 Å². The molecule has 2 aliphatic heterocycles. The zero-order valence-corrected chi connectivity index (χ0v) is 43.0. The average molecular weight is 1050 g/mol. The van der Waals surface area contributed by atoms with Gasteiger partial charge in [-0.25, -0.2) is 28.2 Å². The summed E-state index contributed by atoms with van der Waals surface area (Å²) in [7, 11) is -3.55. The number of rotatable bonds is 20. The number of aryl methyl sites for hydroxylation is 1. The van der Waals surface area contributed by atoms with Crippen LogP contribution < -0.4 is 32.6 Å². The van der Waals surface area contributed by atoms with Crippen LogP contribution in [-0.4, -0.2) is 93.6 Å². The van der Waals surface area contributed by atoms with Gasteiger partial charge in [0, 0.05) is 54.7 Å². The number of amides is 5. The van der Waals surface area contributed by atoms with E-state index >= 15 is 0 Å². The zero-order chi connectivity index (χ0) is 54.2. The highest BCUT2D eigenvalue weighted by Gasteiger charge is 2.49. The number of carbonyl (C=O) groups is 6. The molecule has 5 aromatic rings. The van der Waals surface area contributed by atoms with Crippen molar-refractivity contribution in [2.45, 2.75) is 121 Å². The van der Waals surface area contributed by atoms with Crippen LogP contribution in [0, 0.1) is 17.8 Å². The van der Waals surface area contributed by atoms with E-state index < -0.39 is 69.4 Å². The van der Waals surface area contributed by atoms with Crippen LogP contribution in [0.25, 0.3) is 22.3 Å². The van der Waals surface area contributed by atoms with Gasteiger partial charge in [0.25, 0.3) is 5.56 Å². The topological polar surface area (TPSA) is 310 Å². The molecule has 22 heteroatoms. The Kier molecular flexibility index (Phi) is 17.0. The number of nitrogens with one attached hydrogen (secondary N) is 4. The van der Waals surface area contributed by atoms with E-state index in [1.165, 1.54) is 12.4 Å². The molecule has 0 unspecified atom stereocenters. The van der Waals surface area contributed by atoms with Crippen LogP contribution in [0.3, 0.4) is 0 Å². The molecule has 0 bridgehead atoms. The summed E-state index contributed by atoms with van der Waals surface area (Å²) in [6.07, 6.45) is 4.99. The molecule has 5 amide bonds. The predicted molar refractivity (Wildman–Crippen MR) is 274 cm³/mol. The number of primary amides is 1. The maximum absolute atomic E-state index is 14.2. The van der Waals surface area contributed by atoms with E-state index in [0.29, 0.717) is 58.5 Å². The quantitative estimate of drug-likeness (QED) is 0.0273. The smallest absolute Gasteiger partial charge is 0.317 e. The van der Waals surface area contributed by atoms with Gasteiger partial charge in [0.15, 0.2) is 0 Å². The molecule has 0 spiro atoms. The number of pyridine rings is 2. The van der Waals surface area contributed by atoms with Crippen LogP contribution in [0.15, 0.2) is 70.9 Å². The number of fused-ring (bicyclic) bond motifs is 5. The van der Waals surface area contributed by atoms with E-state index in [9.17, 15) is 47.1 Å². The van der Waals surface area contributed by atoms with Crippen LogP contribution in [0.1, 0.15) is 106 Å². The Hall–Kier alpha value is -8.19. The third-order valence-electron chi connectivity index (χ3n) is 13.2. The number of benzene rings is 2. The van der Waals surface area contributed by atoms with Crippen LogP contribution >= 0.6 is 0 Å². The van der Waals surface area contributed by atoms with Gasteiger partial charge in [-0.1, -0.05) is 51.7 Å². The number of esters is 2. The summed E-state index contributed by atoms with van der Waals surface area (Å²) in [5, 5.41) is 21.4. The summed E-state index contributed by atoms with van der Waals surface area (Å²) < 4.78 is 36.1. The van der Waals surface area contributed by atoms with Crippen LogP contribution in [-0.2, 0) is 74.9 Å². The highest BCUT2D eigenvalue weighted by atomic mass is 32.2.